The largest absolute Gasteiger partial charge is 0.480 e. The fourth-order valence-corrected chi connectivity index (χ4v) is 14.6. The van der Waals surface area contributed by atoms with Crippen LogP contribution in [0.1, 0.15) is 145 Å². The van der Waals surface area contributed by atoms with Gasteiger partial charge in [-0.3, -0.25) is 63.0 Å². The summed E-state index contributed by atoms with van der Waals surface area (Å²) < 4.78 is 0.531. The second kappa shape index (κ2) is 44.4. The normalized spacial score (nSPS) is 15.8. The molecule has 3 aromatic carbocycles. The van der Waals surface area contributed by atoms with E-state index in [0.29, 0.717) is 36.0 Å². The quantitative estimate of drug-likeness (QED) is 0.00640. The first-order valence-electron chi connectivity index (χ1n) is 36.4. The molecule has 108 heavy (non-hydrogen) atoms. The Morgan fingerprint density at radius 1 is 0.556 bits per heavy atom. The van der Waals surface area contributed by atoms with Crippen molar-refractivity contribution in [3.8, 4) is 0 Å². The molecule has 0 radical (unpaired) electrons. The highest BCUT2D eigenvalue weighted by Gasteiger charge is 2.42. The summed E-state index contributed by atoms with van der Waals surface area (Å²) in [4.78, 5) is 192. The van der Waals surface area contributed by atoms with Crippen LogP contribution in [0.3, 0.4) is 0 Å². The first-order chi connectivity index (χ1) is 50.8. The summed E-state index contributed by atoms with van der Waals surface area (Å²) >= 11 is 6.42. The van der Waals surface area contributed by atoms with Gasteiger partial charge in [0.05, 0.1) is 6.54 Å². The molecular formula is C75H111ClN16O14S2. The maximum absolute atomic E-state index is 14.9. The number of rotatable bonds is 42. The van der Waals surface area contributed by atoms with Gasteiger partial charge in [-0.25, -0.2) is 9.21 Å². The Morgan fingerprint density at radius 3 is 1.56 bits per heavy atom. The van der Waals surface area contributed by atoms with Crippen LogP contribution in [0.2, 0.25) is 0 Å². The number of aliphatic carboxylic acids is 1. The van der Waals surface area contributed by atoms with E-state index in [0.717, 1.165) is 14.2 Å². The van der Waals surface area contributed by atoms with Gasteiger partial charge in [-0.05, 0) is 106 Å². The van der Waals surface area contributed by atoms with E-state index in [2.05, 4.69) is 47.5 Å². The van der Waals surface area contributed by atoms with Gasteiger partial charge >= 0.3 is 5.97 Å². The van der Waals surface area contributed by atoms with Crippen LogP contribution in [0.5, 0.6) is 0 Å². The summed E-state index contributed by atoms with van der Waals surface area (Å²) in [5, 5.41) is 29.8. The molecular weight excluding hydrogens is 1450 g/mol. The third kappa shape index (κ3) is 28.8. The Bertz CT molecular complexity index is 3600. The molecule has 0 saturated carbocycles. The number of nitrogens with one attached hydrogen (secondary N) is 7. The number of carbonyl (C=O) groups excluding carboxylic acids is 12. The van der Waals surface area contributed by atoms with Crippen molar-refractivity contribution >= 4 is 110 Å². The number of halogens is 1. The number of unbranched alkanes of at least 4 members (excludes halogenated alkanes) is 1. The Morgan fingerprint density at radius 2 is 1.04 bits per heavy atom. The van der Waals surface area contributed by atoms with E-state index in [1.165, 1.54) is 99.1 Å². The molecule has 12 atom stereocenters. The van der Waals surface area contributed by atoms with Gasteiger partial charge in [0.2, 0.25) is 70.9 Å². The predicted molar refractivity (Wildman–Crippen MR) is 415 cm³/mol. The number of amides is 12. The van der Waals surface area contributed by atoms with Crippen LogP contribution in [0.4, 0.5) is 0 Å². The number of nitrogens with zero attached hydrogens (tertiary/aromatic N) is 9. The van der Waals surface area contributed by atoms with Crippen LogP contribution >= 0.6 is 33.4 Å². The van der Waals surface area contributed by atoms with Crippen molar-refractivity contribution in [2.24, 2.45) is 17.1 Å². The fraction of sp³-hybridized carbons (Fsp3) is 0.587. The number of likely N-dealkylation sites (N-methyl/N-ethyl adjacent to an activating group) is 4. The number of hydrogen-bond acceptors (Lipinski definition) is 16. The van der Waals surface area contributed by atoms with E-state index in [9.17, 15) is 67.4 Å². The van der Waals surface area contributed by atoms with Crippen molar-refractivity contribution in [2.45, 2.75) is 225 Å². The van der Waals surface area contributed by atoms with Crippen molar-refractivity contribution in [3.05, 3.63) is 118 Å². The topological polar surface area (TPSA) is 395 Å². The Hall–Kier alpha value is -9.13. The Labute approximate surface area is 647 Å². The first kappa shape index (κ1) is 91.3. The second-order valence-electron chi connectivity index (χ2n) is 29.2. The minimum atomic E-state index is -1.32. The molecule has 1 fully saturated rings. The molecule has 12 amide bonds. The lowest BCUT2D eigenvalue weighted by Gasteiger charge is -2.36. The molecule has 1 saturated heterocycles. The van der Waals surface area contributed by atoms with Gasteiger partial charge in [-0.1, -0.05) is 161 Å². The van der Waals surface area contributed by atoms with Crippen LogP contribution in [0.15, 0.2) is 96.2 Å². The van der Waals surface area contributed by atoms with Gasteiger partial charge < -0.3 is 61.5 Å². The second-order valence-corrected chi connectivity index (χ2v) is 32.7. The molecule has 0 unspecified atom stereocenters. The van der Waals surface area contributed by atoms with Crippen LogP contribution in [-0.2, 0) is 81.6 Å². The lowest BCUT2D eigenvalue weighted by atomic mass is 9.99. The van der Waals surface area contributed by atoms with E-state index in [1.807, 2.05) is 48.5 Å². The molecule has 0 aromatic heterocycles. The number of likely N-dealkylation sites (tertiary alicyclic amines) is 1. The standard InChI is InChI=1S/C75H111ClN16O14S2/c1-45(2)39-57(83-65(96)55(35-26-27-37-78-86-85-77)81-68(99)61(92(76)51(9)93)42-53-31-22-18-23-32-53)71(102)88(14)50(8)70(101)89(15)60(40-46(3)4)67(98)80-48(6)69(100)90(16)62(43-54-33-24-19-25-34-54)73(104)87(13)49(7)64(95)79-47(5)63(94)82-56(41-52-29-20-17-21-30-52)66(97)84-58(44-107-108-75(10,11)12)72(103)91-38-28-36-59(91)74(105)106/h17-25,29-34,45-50,55-62,78H,26-28,35-44H2,1-16H3,(H,79,95)(H,80,98)(H,81,99)(H,82,94)(H,83,96)(H,84,97)(H,105,106)/t47-,48-,49-,50-,55-,56-,57-,58-,59-,60-,61-,62-/m0/s1. The van der Waals surface area contributed by atoms with Gasteiger partial charge in [-0.15, -0.1) is 5.53 Å². The number of azide groups is 1. The third-order valence-corrected chi connectivity index (χ3v) is 22.2. The van der Waals surface area contributed by atoms with E-state index >= 15 is 0 Å². The molecule has 1 aliphatic heterocycles. The number of carbonyl (C=O) groups is 13. The zero-order valence-corrected chi connectivity index (χ0v) is 67.3. The molecule has 4 rings (SSSR count). The van der Waals surface area contributed by atoms with Gasteiger partial charge in [-0.2, -0.15) is 4.91 Å². The number of carboxylic acids is 1. The molecule has 3 aromatic rings. The average molecular weight is 1560 g/mol. The first-order valence-corrected chi connectivity index (χ1v) is 39.0. The van der Waals surface area contributed by atoms with Crippen molar-refractivity contribution in [3.63, 3.8) is 0 Å². The summed E-state index contributed by atoms with van der Waals surface area (Å²) in [5.41, 5.74) is 13.2. The lowest BCUT2D eigenvalue weighted by Crippen LogP contribution is -2.60. The van der Waals surface area contributed by atoms with E-state index in [-0.39, 0.29) is 80.4 Å². The molecule has 8 N–H and O–H groups in total. The van der Waals surface area contributed by atoms with Crippen LogP contribution in [-0.4, -0.2) is 235 Å². The van der Waals surface area contributed by atoms with Crippen molar-refractivity contribution < 1.29 is 67.4 Å². The average Bonchev–Trinajstić information content (AvgIpc) is 1.34. The van der Waals surface area contributed by atoms with E-state index < -0.39 is 149 Å². The molecule has 0 aliphatic carbocycles. The monoisotopic (exact) mass is 1560 g/mol. The van der Waals surface area contributed by atoms with Crippen LogP contribution in [0.25, 0.3) is 10.4 Å². The molecule has 594 valence electrons. The zero-order chi connectivity index (χ0) is 80.9. The van der Waals surface area contributed by atoms with E-state index in [1.54, 1.807) is 91.0 Å². The van der Waals surface area contributed by atoms with Gasteiger partial charge in [0, 0.05) is 83.2 Å². The molecule has 1 aliphatic rings. The molecule has 1 heterocycles. The SMILES string of the molecule is CC(=O)N(Cl)[C@@H](Cc1ccccc1)C(=O)N[C@@H](CCCCNN=[N+]=[N-])C(=O)N[C@@H](CC(C)C)C(=O)N(C)[C@@H](C)C(=O)N(C)[C@@H](CC(C)C)C(=O)N[C@@H](C)C(=O)N(C)[C@@H](Cc1ccccc1)C(=O)N(C)[C@@H](C)C(=O)N[C@@H](C)C(=O)N[C@@H](Cc1ccccc1)C(=O)N[C@@H](CSSC(C)(C)C)C(=O)N1CCC[C@H]1C(=O)O. The minimum absolute atomic E-state index is 0.00200. The maximum Gasteiger partial charge on any atom is 0.326 e. The summed E-state index contributed by atoms with van der Waals surface area (Å²) in [6.45, 7) is 20.6. The molecule has 30 nitrogen and oxygen atoms in total. The van der Waals surface area contributed by atoms with Crippen molar-refractivity contribution in [1.82, 2.24) is 66.2 Å². The predicted octanol–water partition coefficient (Wildman–Crippen LogP) is 5.71. The summed E-state index contributed by atoms with van der Waals surface area (Å²) in [6.07, 6.45) is 1.58. The third-order valence-electron chi connectivity index (χ3n) is 18.4. The van der Waals surface area contributed by atoms with Gasteiger partial charge in [0.25, 0.3) is 0 Å². The van der Waals surface area contributed by atoms with Crippen LogP contribution in [0, 0.1) is 11.8 Å². The van der Waals surface area contributed by atoms with Gasteiger partial charge in [0.15, 0.2) is 0 Å². The van der Waals surface area contributed by atoms with Crippen molar-refractivity contribution in [2.75, 3.05) is 47.0 Å². The van der Waals surface area contributed by atoms with E-state index in [4.69, 9.17) is 17.3 Å². The number of benzene rings is 3. The highest BCUT2D eigenvalue weighted by molar-refractivity contribution is 8.77. The number of hydrogen-bond donors (Lipinski definition) is 8. The van der Waals surface area contributed by atoms with Crippen molar-refractivity contribution in [1.29, 1.82) is 0 Å². The highest BCUT2D eigenvalue weighted by atomic mass is 35.5. The summed E-state index contributed by atoms with van der Waals surface area (Å²) in [6, 6.07) is 11.5. The minimum Gasteiger partial charge on any atom is -0.480 e. The molecule has 0 spiro atoms. The summed E-state index contributed by atoms with van der Waals surface area (Å²) in [7, 11) is 8.34. The summed E-state index contributed by atoms with van der Waals surface area (Å²) in [5.74, 6) is -9.92. The number of carboxylic acid groups (broad SMARTS) is 1. The Balaban J connectivity index is 1.53. The maximum atomic E-state index is 14.9. The van der Waals surface area contributed by atoms with Crippen LogP contribution < -0.4 is 37.3 Å². The smallest absolute Gasteiger partial charge is 0.326 e. The highest BCUT2D eigenvalue weighted by Crippen LogP contribution is 2.36. The Kier molecular flexibility index (Phi) is 37.5. The fourth-order valence-electron chi connectivity index (χ4n) is 12.0. The zero-order valence-electron chi connectivity index (χ0n) is 64.9. The lowest BCUT2D eigenvalue weighted by molar-refractivity contribution is -0.150. The molecule has 0 bridgehead atoms. The molecule has 33 heteroatoms. The van der Waals surface area contributed by atoms with Gasteiger partial charge in [0.1, 0.15) is 72.5 Å².